The second kappa shape index (κ2) is 6.36. The number of aliphatic hydroxyl groups excluding tert-OH is 1. The number of aliphatic hydroxyl groups is 1. The summed E-state index contributed by atoms with van der Waals surface area (Å²) in [6, 6.07) is 11.5. The van der Waals surface area contributed by atoms with Gasteiger partial charge >= 0.3 is 0 Å². The minimum atomic E-state index is -0.747. The third kappa shape index (κ3) is 3.44. The van der Waals surface area contributed by atoms with Crippen molar-refractivity contribution in [2.75, 3.05) is 7.11 Å². The normalized spacial score (nSPS) is 11.7. The average Bonchev–Trinajstić information content (AvgIpc) is 2.90. The van der Waals surface area contributed by atoms with E-state index in [0.717, 1.165) is 16.0 Å². The lowest BCUT2D eigenvalue weighted by molar-refractivity contribution is 0.184. The largest absolute Gasteiger partial charge is 0.380 e. The molecule has 0 amide bonds. The molecule has 0 aliphatic heterocycles. The molecule has 1 heterocycles. The van der Waals surface area contributed by atoms with Gasteiger partial charge in [-0.25, -0.2) is 0 Å². The molecule has 1 N–H and O–H groups in total. The Kier molecular flexibility index (Phi) is 4.54. The summed E-state index contributed by atoms with van der Waals surface area (Å²) in [5.74, 6) is 5.79. The molecule has 0 saturated heterocycles. The fourth-order valence-corrected chi connectivity index (χ4v) is 2.11. The molecule has 92 valence electrons. The van der Waals surface area contributed by atoms with Crippen LogP contribution in [0.2, 0.25) is 0 Å². The molecule has 1 aromatic heterocycles. The van der Waals surface area contributed by atoms with E-state index in [2.05, 4.69) is 11.8 Å². The summed E-state index contributed by atoms with van der Waals surface area (Å²) < 4.78 is 5.04. The quantitative estimate of drug-likeness (QED) is 0.858. The van der Waals surface area contributed by atoms with Crippen molar-refractivity contribution in [2.24, 2.45) is 0 Å². The number of thiophene rings is 1. The summed E-state index contributed by atoms with van der Waals surface area (Å²) >= 11 is 1.57. The maximum Gasteiger partial charge on any atom is 0.140 e. The Bertz CT molecular complexity index is 532. The first-order chi connectivity index (χ1) is 8.79. The van der Waals surface area contributed by atoms with Gasteiger partial charge in [-0.1, -0.05) is 42.2 Å². The topological polar surface area (TPSA) is 29.5 Å². The number of hydrogen-bond donors (Lipinski definition) is 1. The first-order valence-corrected chi connectivity index (χ1v) is 6.48. The van der Waals surface area contributed by atoms with Crippen LogP contribution in [0.15, 0.2) is 41.8 Å². The van der Waals surface area contributed by atoms with E-state index in [4.69, 9.17) is 4.74 Å². The van der Waals surface area contributed by atoms with Crippen molar-refractivity contribution in [1.29, 1.82) is 0 Å². The van der Waals surface area contributed by atoms with Crippen molar-refractivity contribution < 1.29 is 9.84 Å². The average molecular weight is 258 g/mol. The van der Waals surface area contributed by atoms with E-state index in [1.54, 1.807) is 18.4 Å². The van der Waals surface area contributed by atoms with Crippen molar-refractivity contribution in [3.8, 4) is 11.8 Å². The lowest BCUT2D eigenvalue weighted by atomic mass is 10.1. The highest BCUT2D eigenvalue weighted by molar-refractivity contribution is 7.10. The Morgan fingerprint density at radius 1 is 1.28 bits per heavy atom. The van der Waals surface area contributed by atoms with Gasteiger partial charge in [-0.05, 0) is 22.6 Å². The van der Waals surface area contributed by atoms with Crippen LogP contribution in [0.4, 0.5) is 0 Å². The van der Waals surface area contributed by atoms with Crippen LogP contribution in [0.5, 0.6) is 0 Å². The van der Waals surface area contributed by atoms with Gasteiger partial charge in [-0.3, -0.25) is 0 Å². The fraction of sp³-hybridized carbons (Fsp3) is 0.200. The van der Waals surface area contributed by atoms with Gasteiger partial charge in [0.2, 0.25) is 0 Å². The Balaban J connectivity index is 2.06. The number of hydrogen-bond acceptors (Lipinski definition) is 3. The molecule has 2 rings (SSSR count). The molecular weight excluding hydrogens is 244 g/mol. The van der Waals surface area contributed by atoms with Gasteiger partial charge in [0.1, 0.15) is 6.10 Å². The van der Waals surface area contributed by atoms with Gasteiger partial charge in [-0.2, -0.15) is 0 Å². The molecule has 1 atom stereocenters. The summed E-state index contributed by atoms with van der Waals surface area (Å²) in [6.07, 6.45) is -0.747. The second-order valence-corrected chi connectivity index (χ2v) is 4.77. The summed E-state index contributed by atoms with van der Waals surface area (Å²) in [5, 5.41) is 11.9. The van der Waals surface area contributed by atoms with Crippen LogP contribution in [0, 0.1) is 11.8 Å². The van der Waals surface area contributed by atoms with E-state index < -0.39 is 6.10 Å². The molecule has 0 saturated carbocycles. The molecular formula is C15H14O2S. The molecule has 3 heteroatoms. The number of rotatable bonds is 3. The number of methoxy groups -OCH3 is 1. The molecule has 2 nitrogen and oxygen atoms in total. The molecule has 2 aromatic rings. The van der Waals surface area contributed by atoms with Crippen LogP contribution in [0.1, 0.15) is 22.1 Å². The maximum absolute atomic E-state index is 9.94. The predicted octanol–water partition coefficient (Wildman–Crippen LogP) is 2.98. The van der Waals surface area contributed by atoms with E-state index in [0.29, 0.717) is 6.61 Å². The third-order valence-electron chi connectivity index (χ3n) is 2.46. The van der Waals surface area contributed by atoms with Crippen LogP contribution in [-0.2, 0) is 11.3 Å². The highest BCUT2D eigenvalue weighted by atomic mass is 32.1. The van der Waals surface area contributed by atoms with Gasteiger partial charge in [0.25, 0.3) is 0 Å². The van der Waals surface area contributed by atoms with E-state index in [-0.39, 0.29) is 0 Å². The van der Waals surface area contributed by atoms with Crippen LogP contribution in [0.25, 0.3) is 0 Å². The summed E-state index contributed by atoms with van der Waals surface area (Å²) in [7, 11) is 1.66. The van der Waals surface area contributed by atoms with Gasteiger partial charge in [0.15, 0.2) is 0 Å². The Hall–Kier alpha value is -1.60. The van der Waals surface area contributed by atoms with E-state index >= 15 is 0 Å². The van der Waals surface area contributed by atoms with Gasteiger partial charge in [0, 0.05) is 7.11 Å². The molecule has 18 heavy (non-hydrogen) atoms. The molecule has 0 radical (unpaired) electrons. The Morgan fingerprint density at radius 2 is 2.06 bits per heavy atom. The van der Waals surface area contributed by atoms with Gasteiger partial charge in [-0.15, -0.1) is 11.3 Å². The van der Waals surface area contributed by atoms with Crippen LogP contribution < -0.4 is 0 Å². The van der Waals surface area contributed by atoms with Crippen molar-refractivity contribution in [2.45, 2.75) is 12.7 Å². The van der Waals surface area contributed by atoms with Crippen molar-refractivity contribution in [3.05, 3.63) is 57.8 Å². The summed E-state index contributed by atoms with van der Waals surface area (Å²) in [6.45, 7) is 0.581. The van der Waals surface area contributed by atoms with Gasteiger partial charge in [0.05, 0.1) is 11.5 Å². The zero-order chi connectivity index (χ0) is 12.8. The van der Waals surface area contributed by atoms with Crippen LogP contribution >= 0.6 is 11.3 Å². The van der Waals surface area contributed by atoms with E-state index in [9.17, 15) is 5.11 Å². The number of ether oxygens (including phenoxy) is 1. The zero-order valence-corrected chi connectivity index (χ0v) is 10.9. The molecule has 1 aromatic carbocycles. The zero-order valence-electron chi connectivity index (χ0n) is 10.1. The minimum Gasteiger partial charge on any atom is -0.380 e. The van der Waals surface area contributed by atoms with Crippen molar-refractivity contribution in [1.82, 2.24) is 0 Å². The SMILES string of the molecule is COCc1ccc(C(O)C#Cc2cccs2)cc1. The summed E-state index contributed by atoms with van der Waals surface area (Å²) in [4.78, 5) is 0.963. The fourth-order valence-electron chi connectivity index (χ4n) is 1.54. The second-order valence-electron chi connectivity index (χ2n) is 3.82. The smallest absolute Gasteiger partial charge is 0.140 e. The predicted molar refractivity (Wildman–Crippen MR) is 73.3 cm³/mol. The highest BCUT2D eigenvalue weighted by Gasteiger charge is 2.03. The van der Waals surface area contributed by atoms with E-state index in [1.165, 1.54) is 0 Å². The lowest BCUT2D eigenvalue weighted by Gasteiger charge is -2.05. The molecule has 0 aliphatic rings. The molecule has 0 spiro atoms. The first kappa shape index (κ1) is 12.8. The van der Waals surface area contributed by atoms with Gasteiger partial charge < -0.3 is 9.84 Å². The van der Waals surface area contributed by atoms with E-state index in [1.807, 2.05) is 41.8 Å². The van der Waals surface area contributed by atoms with Crippen LogP contribution in [-0.4, -0.2) is 12.2 Å². The van der Waals surface area contributed by atoms with Crippen molar-refractivity contribution in [3.63, 3.8) is 0 Å². The Labute approximate surface area is 111 Å². The minimum absolute atomic E-state index is 0.581. The molecule has 0 bridgehead atoms. The highest BCUT2D eigenvalue weighted by Crippen LogP contribution is 2.14. The van der Waals surface area contributed by atoms with Crippen LogP contribution in [0.3, 0.4) is 0 Å². The first-order valence-electron chi connectivity index (χ1n) is 5.60. The summed E-state index contributed by atoms with van der Waals surface area (Å²) in [5.41, 5.74) is 1.89. The molecule has 0 fully saturated rings. The van der Waals surface area contributed by atoms with Crippen molar-refractivity contribution >= 4 is 11.3 Å². The maximum atomic E-state index is 9.94. The monoisotopic (exact) mass is 258 g/mol. The Morgan fingerprint density at radius 3 is 2.67 bits per heavy atom. The standard InChI is InChI=1S/C15H14O2S/c1-17-11-12-4-6-13(7-5-12)15(16)9-8-14-3-2-10-18-14/h2-7,10,15-16H,11H2,1H3. The number of benzene rings is 1. The third-order valence-corrected chi connectivity index (χ3v) is 3.25. The molecule has 0 aliphatic carbocycles. The molecule has 1 unspecified atom stereocenters. The lowest BCUT2D eigenvalue weighted by Crippen LogP contribution is -1.95.